The Kier molecular flexibility index (Phi) is 5.22. The lowest BCUT2D eigenvalue weighted by atomic mass is 10.0. The summed E-state index contributed by atoms with van der Waals surface area (Å²) >= 11 is 0. The van der Waals surface area contributed by atoms with Crippen molar-refractivity contribution >= 4 is 11.7 Å². The van der Waals surface area contributed by atoms with Gasteiger partial charge in [-0.25, -0.2) is 4.98 Å². The normalized spacial score (nSPS) is 14.5. The summed E-state index contributed by atoms with van der Waals surface area (Å²) in [5.74, 6) is 2.04. The second kappa shape index (κ2) is 7.55. The van der Waals surface area contributed by atoms with Gasteiger partial charge in [0.2, 0.25) is 5.91 Å². The molecule has 25 heavy (non-hydrogen) atoms. The van der Waals surface area contributed by atoms with Crippen LogP contribution in [0, 0.1) is 13.8 Å². The molecule has 1 aliphatic heterocycles. The van der Waals surface area contributed by atoms with Crippen LogP contribution in [0.5, 0.6) is 5.75 Å². The number of hydrogen-bond donors (Lipinski definition) is 0. The molecule has 1 fully saturated rings. The zero-order valence-corrected chi connectivity index (χ0v) is 15.2. The molecule has 1 saturated heterocycles. The maximum absolute atomic E-state index is 12.7. The Balaban J connectivity index is 1.61. The highest BCUT2D eigenvalue weighted by molar-refractivity contribution is 5.79. The molecule has 0 unspecified atom stereocenters. The molecule has 2 heterocycles. The van der Waals surface area contributed by atoms with Crippen LogP contribution in [0.1, 0.15) is 16.7 Å². The molecule has 0 radical (unpaired) electrons. The van der Waals surface area contributed by atoms with Gasteiger partial charge in [-0.05, 0) is 48.7 Å². The van der Waals surface area contributed by atoms with E-state index in [4.69, 9.17) is 4.74 Å². The maximum atomic E-state index is 12.7. The average Bonchev–Trinajstić information content (AvgIpc) is 2.65. The van der Waals surface area contributed by atoms with Crippen LogP contribution in [0.4, 0.5) is 5.82 Å². The Bertz CT molecular complexity index is 738. The minimum absolute atomic E-state index is 0.188. The minimum atomic E-state index is 0.188. The first-order chi connectivity index (χ1) is 12.1. The first-order valence-electron chi connectivity index (χ1n) is 8.66. The number of nitrogens with zero attached hydrogens (tertiary/aromatic N) is 3. The molecule has 1 amide bonds. The van der Waals surface area contributed by atoms with Crippen molar-refractivity contribution in [2.45, 2.75) is 20.3 Å². The SMILES string of the molecule is COc1cc(C)c(CC(=O)N2CCN(c3ccccn3)CC2)cc1C. The second-order valence-corrected chi connectivity index (χ2v) is 6.48. The van der Waals surface area contributed by atoms with E-state index in [1.54, 1.807) is 7.11 Å². The standard InChI is InChI=1S/C20H25N3O2/c1-15-13-18(25-3)16(2)12-17(15)14-20(24)23-10-8-22(9-11-23)19-6-4-5-7-21-19/h4-7,12-13H,8-11,14H2,1-3H3. The van der Waals surface area contributed by atoms with Crippen molar-refractivity contribution in [2.24, 2.45) is 0 Å². The molecule has 132 valence electrons. The fraction of sp³-hybridized carbons (Fsp3) is 0.400. The first kappa shape index (κ1) is 17.3. The van der Waals surface area contributed by atoms with Crippen LogP contribution in [-0.2, 0) is 11.2 Å². The summed E-state index contributed by atoms with van der Waals surface area (Å²) in [4.78, 5) is 21.3. The van der Waals surface area contributed by atoms with E-state index in [0.29, 0.717) is 6.42 Å². The topological polar surface area (TPSA) is 45.7 Å². The van der Waals surface area contributed by atoms with Gasteiger partial charge in [0.25, 0.3) is 0 Å². The second-order valence-electron chi connectivity index (χ2n) is 6.48. The van der Waals surface area contributed by atoms with Crippen molar-refractivity contribution < 1.29 is 9.53 Å². The molecule has 2 aromatic rings. The van der Waals surface area contributed by atoms with Crippen molar-refractivity contribution in [2.75, 3.05) is 38.2 Å². The molecular weight excluding hydrogens is 314 g/mol. The van der Waals surface area contributed by atoms with E-state index < -0.39 is 0 Å². The predicted molar refractivity (Wildman–Crippen MR) is 99.2 cm³/mol. The monoisotopic (exact) mass is 339 g/mol. The van der Waals surface area contributed by atoms with Crippen LogP contribution in [0.25, 0.3) is 0 Å². The number of hydrogen-bond acceptors (Lipinski definition) is 4. The fourth-order valence-corrected chi connectivity index (χ4v) is 3.26. The number of rotatable bonds is 4. The van der Waals surface area contributed by atoms with Gasteiger partial charge in [-0.1, -0.05) is 12.1 Å². The molecule has 0 aliphatic carbocycles. The number of benzene rings is 1. The summed E-state index contributed by atoms with van der Waals surface area (Å²) in [5, 5.41) is 0. The summed E-state index contributed by atoms with van der Waals surface area (Å²) in [7, 11) is 1.67. The van der Waals surface area contributed by atoms with E-state index in [1.807, 2.05) is 49.2 Å². The number of aromatic nitrogens is 1. The molecule has 5 nitrogen and oxygen atoms in total. The number of pyridine rings is 1. The molecule has 0 N–H and O–H groups in total. The van der Waals surface area contributed by atoms with Crippen molar-refractivity contribution in [3.63, 3.8) is 0 Å². The van der Waals surface area contributed by atoms with Crippen molar-refractivity contribution in [1.82, 2.24) is 9.88 Å². The molecule has 0 bridgehead atoms. The zero-order chi connectivity index (χ0) is 17.8. The van der Waals surface area contributed by atoms with Crippen molar-refractivity contribution in [1.29, 1.82) is 0 Å². The Morgan fingerprint density at radius 1 is 1.12 bits per heavy atom. The van der Waals surface area contributed by atoms with Crippen LogP contribution in [0.3, 0.4) is 0 Å². The Labute approximate surface area is 149 Å². The van der Waals surface area contributed by atoms with Gasteiger partial charge in [-0.2, -0.15) is 0 Å². The first-order valence-corrected chi connectivity index (χ1v) is 8.66. The third-order valence-corrected chi connectivity index (χ3v) is 4.80. The lowest BCUT2D eigenvalue weighted by Crippen LogP contribution is -2.49. The predicted octanol–water partition coefficient (Wildman–Crippen LogP) is 2.60. The number of piperazine rings is 1. The molecule has 0 atom stereocenters. The Morgan fingerprint density at radius 2 is 1.88 bits per heavy atom. The van der Waals surface area contributed by atoms with Crippen LogP contribution in [0.2, 0.25) is 0 Å². The fourth-order valence-electron chi connectivity index (χ4n) is 3.26. The summed E-state index contributed by atoms with van der Waals surface area (Å²) in [5.41, 5.74) is 3.24. The number of ether oxygens (including phenoxy) is 1. The van der Waals surface area contributed by atoms with E-state index in [-0.39, 0.29) is 5.91 Å². The minimum Gasteiger partial charge on any atom is -0.496 e. The lowest BCUT2D eigenvalue weighted by Gasteiger charge is -2.35. The largest absolute Gasteiger partial charge is 0.496 e. The third kappa shape index (κ3) is 3.92. The molecule has 5 heteroatoms. The van der Waals surface area contributed by atoms with E-state index >= 15 is 0 Å². The van der Waals surface area contributed by atoms with E-state index in [1.165, 1.54) is 0 Å². The third-order valence-electron chi connectivity index (χ3n) is 4.80. The van der Waals surface area contributed by atoms with Crippen LogP contribution in [-0.4, -0.2) is 49.1 Å². The average molecular weight is 339 g/mol. The quantitative estimate of drug-likeness (QED) is 0.859. The summed E-state index contributed by atoms with van der Waals surface area (Å²) in [6.45, 7) is 7.17. The highest BCUT2D eigenvalue weighted by Crippen LogP contribution is 2.23. The van der Waals surface area contributed by atoms with Gasteiger partial charge >= 0.3 is 0 Å². The van der Waals surface area contributed by atoms with Gasteiger partial charge < -0.3 is 14.5 Å². The number of methoxy groups -OCH3 is 1. The van der Waals surface area contributed by atoms with Crippen molar-refractivity contribution in [3.05, 3.63) is 53.2 Å². The lowest BCUT2D eigenvalue weighted by molar-refractivity contribution is -0.130. The number of aryl methyl sites for hydroxylation is 2. The van der Waals surface area contributed by atoms with Crippen LogP contribution < -0.4 is 9.64 Å². The summed E-state index contributed by atoms with van der Waals surface area (Å²) < 4.78 is 5.35. The molecule has 0 saturated carbocycles. The maximum Gasteiger partial charge on any atom is 0.227 e. The summed E-state index contributed by atoms with van der Waals surface area (Å²) in [6, 6.07) is 10.0. The molecule has 1 aromatic heterocycles. The van der Waals surface area contributed by atoms with Gasteiger partial charge in [0.15, 0.2) is 0 Å². The summed E-state index contributed by atoms with van der Waals surface area (Å²) in [6.07, 6.45) is 2.25. The van der Waals surface area contributed by atoms with Gasteiger partial charge in [-0.15, -0.1) is 0 Å². The number of anilines is 1. The van der Waals surface area contributed by atoms with Crippen LogP contribution >= 0.6 is 0 Å². The molecule has 1 aromatic carbocycles. The zero-order valence-electron chi connectivity index (χ0n) is 15.2. The van der Waals surface area contributed by atoms with Gasteiger partial charge in [0.1, 0.15) is 11.6 Å². The number of amides is 1. The number of carbonyl (C=O) groups is 1. The van der Waals surface area contributed by atoms with Gasteiger partial charge in [0.05, 0.1) is 13.5 Å². The van der Waals surface area contributed by atoms with E-state index in [2.05, 4.69) is 16.0 Å². The molecular formula is C20H25N3O2. The highest BCUT2D eigenvalue weighted by Gasteiger charge is 2.22. The smallest absolute Gasteiger partial charge is 0.227 e. The molecule has 3 rings (SSSR count). The van der Waals surface area contributed by atoms with E-state index in [9.17, 15) is 4.79 Å². The van der Waals surface area contributed by atoms with E-state index in [0.717, 1.165) is 54.4 Å². The molecule has 0 spiro atoms. The highest BCUT2D eigenvalue weighted by atomic mass is 16.5. The Hall–Kier alpha value is -2.56. The molecule has 1 aliphatic rings. The number of carbonyl (C=O) groups excluding carboxylic acids is 1. The van der Waals surface area contributed by atoms with Crippen molar-refractivity contribution in [3.8, 4) is 5.75 Å². The van der Waals surface area contributed by atoms with Gasteiger partial charge in [-0.3, -0.25) is 4.79 Å². The van der Waals surface area contributed by atoms with Gasteiger partial charge in [0, 0.05) is 32.4 Å². The Morgan fingerprint density at radius 3 is 2.52 bits per heavy atom. The van der Waals surface area contributed by atoms with Crippen LogP contribution in [0.15, 0.2) is 36.5 Å².